The summed E-state index contributed by atoms with van der Waals surface area (Å²) >= 11 is 0. The maximum Gasteiger partial charge on any atom is 0.306 e. The Labute approximate surface area is 292 Å². The van der Waals surface area contributed by atoms with Gasteiger partial charge in [-0.15, -0.1) is 5.10 Å². The largest absolute Gasteiger partial charge is 0.462 e. The molecule has 12 nitrogen and oxygen atoms in total. The maximum atomic E-state index is 13.4. The number of unbranched alkanes of at least 4 members (excludes halogenated alkanes) is 1. The molecule has 11 atom stereocenters. The van der Waals surface area contributed by atoms with Gasteiger partial charge in [0.25, 0.3) is 0 Å². The fraction of sp³-hybridized carbons (Fsp3) is 0.757. The van der Waals surface area contributed by atoms with Gasteiger partial charge in [-0.25, -0.2) is 0 Å². The lowest BCUT2D eigenvalue weighted by Gasteiger charge is -2.46. The third kappa shape index (κ3) is 11.6. The molecule has 0 saturated carbocycles. The summed E-state index contributed by atoms with van der Waals surface area (Å²) in [5.41, 5.74) is 1.78. The van der Waals surface area contributed by atoms with Crippen LogP contribution in [-0.2, 0) is 41.6 Å². The van der Waals surface area contributed by atoms with Gasteiger partial charge in [-0.05, 0) is 78.0 Å². The smallest absolute Gasteiger partial charge is 0.306 e. The van der Waals surface area contributed by atoms with Gasteiger partial charge in [0.05, 0.1) is 36.6 Å². The van der Waals surface area contributed by atoms with Crippen molar-refractivity contribution in [2.45, 2.75) is 142 Å². The van der Waals surface area contributed by atoms with Crippen LogP contribution < -0.4 is 0 Å². The molecule has 1 aromatic rings. The summed E-state index contributed by atoms with van der Waals surface area (Å²) in [5.74, 6) is -1.71. The highest BCUT2D eigenvalue weighted by molar-refractivity contribution is 5.91. The summed E-state index contributed by atoms with van der Waals surface area (Å²) in [4.78, 5) is 40.5. The second-order valence-electron chi connectivity index (χ2n) is 14.3. The van der Waals surface area contributed by atoms with Gasteiger partial charge in [0.15, 0.2) is 12.1 Å². The third-order valence-electron chi connectivity index (χ3n) is 9.99. The minimum absolute atomic E-state index is 0.0765. The molecule has 0 bridgehead atoms. The molecule has 49 heavy (non-hydrogen) atoms. The number of hydrogen-bond acceptors (Lipinski definition) is 11. The molecule has 0 amide bonds. The molecule has 0 aromatic carbocycles. The van der Waals surface area contributed by atoms with Crippen molar-refractivity contribution in [3.63, 3.8) is 0 Å². The average Bonchev–Trinajstić information content (AvgIpc) is 3.51. The van der Waals surface area contributed by atoms with Gasteiger partial charge in [-0.3, -0.25) is 14.3 Å². The molecule has 1 fully saturated rings. The van der Waals surface area contributed by atoms with Crippen LogP contribution in [0.15, 0.2) is 30.0 Å². The van der Waals surface area contributed by atoms with Crippen molar-refractivity contribution in [1.82, 2.24) is 19.9 Å². The van der Waals surface area contributed by atoms with E-state index in [1.807, 2.05) is 40.0 Å². The number of ether oxygens (including phenoxy) is 3. The average molecular weight is 689 g/mol. The van der Waals surface area contributed by atoms with Gasteiger partial charge in [-0.2, -0.15) is 0 Å². The quantitative estimate of drug-likeness (QED) is 0.256. The zero-order chi connectivity index (χ0) is 36.2. The molecule has 0 spiro atoms. The number of rotatable bonds is 11. The summed E-state index contributed by atoms with van der Waals surface area (Å²) in [7, 11) is 3.54. The molecular formula is C37H60N4O8. The minimum atomic E-state index is -1.18. The van der Waals surface area contributed by atoms with Crippen LogP contribution in [0, 0.1) is 23.7 Å². The molecule has 276 valence electrons. The second kappa shape index (κ2) is 19.6. The Bertz CT molecular complexity index is 1260. The predicted molar refractivity (Wildman–Crippen MR) is 185 cm³/mol. The molecular weight excluding hydrogens is 628 g/mol. The van der Waals surface area contributed by atoms with Crippen molar-refractivity contribution < 1.29 is 38.8 Å². The molecule has 1 aromatic heterocycles. The van der Waals surface area contributed by atoms with E-state index in [-0.39, 0.29) is 36.4 Å². The first kappa shape index (κ1) is 40.7. The van der Waals surface area contributed by atoms with Crippen LogP contribution in [0.3, 0.4) is 0 Å². The fourth-order valence-electron chi connectivity index (χ4n) is 7.04. The van der Waals surface area contributed by atoms with Gasteiger partial charge in [0, 0.05) is 30.9 Å². The van der Waals surface area contributed by atoms with E-state index < -0.39 is 54.7 Å². The molecule has 3 unspecified atom stereocenters. The normalized spacial score (nSPS) is 35.8. The molecule has 2 N–H and O–H groups in total. The number of aliphatic hydroxyl groups excluding tert-OH is 2. The molecule has 2 aliphatic heterocycles. The zero-order valence-electron chi connectivity index (χ0n) is 30.7. The Morgan fingerprint density at radius 1 is 1.12 bits per heavy atom. The monoisotopic (exact) mass is 688 g/mol. The lowest BCUT2D eigenvalue weighted by atomic mass is 9.80. The Morgan fingerprint density at radius 2 is 1.86 bits per heavy atom. The number of likely N-dealkylation sites (N-methyl/N-ethyl adjacent to an activating group) is 1. The van der Waals surface area contributed by atoms with Crippen molar-refractivity contribution in [2.75, 3.05) is 14.1 Å². The van der Waals surface area contributed by atoms with E-state index in [2.05, 4.69) is 17.2 Å². The van der Waals surface area contributed by atoms with Crippen molar-refractivity contribution in [1.29, 1.82) is 0 Å². The van der Waals surface area contributed by atoms with E-state index in [0.717, 1.165) is 36.8 Å². The number of aliphatic hydroxyl groups is 2. The molecule has 0 radical (unpaired) electrons. The van der Waals surface area contributed by atoms with Crippen LogP contribution in [0.25, 0.3) is 0 Å². The number of allylic oxidation sites excluding steroid dienone is 3. The topological polar surface area (TPSA) is 153 Å². The molecule has 3 rings (SSSR count). The second-order valence-corrected chi connectivity index (χ2v) is 14.3. The van der Waals surface area contributed by atoms with E-state index in [9.17, 15) is 24.6 Å². The van der Waals surface area contributed by atoms with E-state index in [0.29, 0.717) is 25.8 Å². The number of nitrogens with zero attached hydrogens (tertiary/aromatic N) is 4. The number of esters is 1. The van der Waals surface area contributed by atoms with Crippen LogP contribution in [0.1, 0.15) is 92.2 Å². The van der Waals surface area contributed by atoms with Gasteiger partial charge in [-0.1, -0.05) is 57.1 Å². The Kier molecular flexibility index (Phi) is 16.2. The van der Waals surface area contributed by atoms with E-state index in [1.165, 1.54) is 0 Å². The number of ketones is 1. The van der Waals surface area contributed by atoms with Gasteiger partial charge in [0.1, 0.15) is 18.5 Å². The number of aryl methyl sites for hydroxylation is 1. The van der Waals surface area contributed by atoms with Crippen molar-refractivity contribution >= 4 is 18.0 Å². The lowest BCUT2D eigenvalue weighted by Crippen LogP contribution is -2.63. The standard InChI is InChI=1S/C37H60N4O8/c1-9-11-12-29-22-41(39-38-29)21-28-19-23(3)13-15-30(43)25(5)20-27(17-18-42)36(24(4)14-16-32(44)48-31(28)10-2)49-37-35(46)33(40(7)8)34(45)26(6)47-37/h13,15,18-19,22,24-28,31,33-37,45-46H,9-12,14,16-17,20-21H2,1-8H3/b15-13+,23-19+/t24-,25+,26+,27-,28+,31+,33?,34?,35?,36+,37-/m0/s1. The Balaban J connectivity index is 1.93. The summed E-state index contributed by atoms with van der Waals surface area (Å²) in [6.07, 6.45) is 7.75. The SMILES string of the molecule is CCCCc1cn(C[C@H]2/C=C(C)/C=C/C(=O)[C@H](C)C[C@H](CC=O)[C@H](O[C@@H]3O[C@H](C)C(O)C(N(C)C)C3O)[C@@H](C)CCC(=O)O[C@@H]2CC)nn1. The summed E-state index contributed by atoms with van der Waals surface area (Å²) in [6, 6.07) is -0.643. The van der Waals surface area contributed by atoms with Crippen LogP contribution in [-0.4, -0.2) is 105 Å². The lowest BCUT2D eigenvalue weighted by molar-refractivity contribution is -0.302. The molecule has 3 heterocycles. The van der Waals surface area contributed by atoms with Gasteiger partial charge < -0.3 is 34.1 Å². The van der Waals surface area contributed by atoms with Crippen LogP contribution >= 0.6 is 0 Å². The predicted octanol–water partition coefficient (Wildman–Crippen LogP) is 4.07. The van der Waals surface area contributed by atoms with Crippen LogP contribution in [0.2, 0.25) is 0 Å². The highest BCUT2D eigenvalue weighted by Crippen LogP contribution is 2.34. The Morgan fingerprint density at radius 3 is 2.51 bits per heavy atom. The van der Waals surface area contributed by atoms with Gasteiger partial charge in [0.2, 0.25) is 0 Å². The first-order valence-corrected chi connectivity index (χ1v) is 18.0. The van der Waals surface area contributed by atoms with Gasteiger partial charge >= 0.3 is 5.97 Å². The van der Waals surface area contributed by atoms with E-state index in [1.54, 1.807) is 42.8 Å². The van der Waals surface area contributed by atoms with Crippen LogP contribution in [0.5, 0.6) is 0 Å². The number of aldehydes is 1. The van der Waals surface area contributed by atoms with E-state index in [4.69, 9.17) is 14.2 Å². The first-order chi connectivity index (χ1) is 23.3. The van der Waals surface area contributed by atoms with Crippen molar-refractivity contribution in [3.8, 4) is 0 Å². The van der Waals surface area contributed by atoms with Crippen LogP contribution in [0.4, 0.5) is 0 Å². The number of aromatic nitrogens is 3. The number of hydrogen-bond donors (Lipinski definition) is 2. The minimum Gasteiger partial charge on any atom is -0.462 e. The van der Waals surface area contributed by atoms with Crippen molar-refractivity contribution in [2.24, 2.45) is 23.7 Å². The molecule has 1 saturated heterocycles. The first-order valence-electron chi connectivity index (χ1n) is 18.0. The number of cyclic esters (lactones) is 1. The zero-order valence-corrected chi connectivity index (χ0v) is 30.7. The summed E-state index contributed by atoms with van der Waals surface area (Å²) in [5, 5.41) is 30.7. The highest BCUT2D eigenvalue weighted by atomic mass is 16.7. The number of carbonyl (C=O) groups excluding carboxylic acids is 3. The fourth-order valence-corrected chi connectivity index (χ4v) is 7.04. The Hall–Kier alpha value is -2.77. The van der Waals surface area contributed by atoms with Crippen molar-refractivity contribution in [3.05, 3.63) is 35.7 Å². The highest BCUT2D eigenvalue weighted by Gasteiger charge is 2.46. The van der Waals surface area contributed by atoms with E-state index >= 15 is 0 Å². The molecule has 0 aliphatic carbocycles. The summed E-state index contributed by atoms with van der Waals surface area (Å²) < 4.78 is 20.4. The third-order valence-corrected chi connectivity index (χ3v) is 9.99. The maximum absolute atomic E-state index is 13.4. The molecule has 2 aliphatic rings. The molecule has 12 heteroatoms. The number of carbonyl (C=O) groups is 3. The summed E-state index contributed by atoms with van der Waals surface area (Å²) in [6.45, 7) is 12.0.